The molecule has 1 aromatic rings. The van der Waals surface area contributed by atoms with E-state index in [1.54, 1.807) is 6.07 Å². The number of halogens is 1. The van der Waals surface area contributed by atoms with Gasteiger partial charge in [0.15, 0.2) is 0 Å². The van der Waals surface area contributed by atoms with Gasteiger partial charge in [-0.2, -0.15) is 5.10 Å². The van der Waals surface area contributed by atoms with Crippen molar-refractivity contribution < 1.29 is 9.90 Å². The Bertz CT molecular complexity index is 496. The summed E-state index contributed by atoms with van der Waals surface area (Å²) in [5, 5.41) is 20.0. The second kappa shape index (κ2) is 6.77. The van der Waals surface area contributed by atoms with E-state index in [1.807, 2.05) is 11.6 Å². The molecule has 1 aliphatic rings. The fourth-order valence-electron chi connectivity index (χ4n) is 2.51. The number of nitrogens with zero attached hydrogens (tertiary/aromatic N) is 2. The fourth-order valence-corrected chi connectivity index (χ4v) is 2.51. The van der Waals surface area contributed by atoms with Gasteiger partial charge in [0.25, 0.3) is 5.91 Å². The minimum absolute atomic E-state index is 0. The second-order valence-electron chi connectivity index (χ2n) is 6.45. The Balaban J connectivity index is 0.00000220. The number of carbonyl (C=O) groups is 1. The number of aliphatic hydroxyl groups is 1. The summed E-state index contributed by atoms with van der Waals surface area (Å²) >= 11 is 0. The number of amides is 1. The number of aryl methyl sites for hydroxylation is 1. The molecular formula is C14H25ClN4O2. The molecule has 6 nitrogen and oxygen atoms in total. The van der Waals surface area contributed by atoms with Crippen LogP contribution in [-0.2, 0) is 5.54 Å². The highest BCUT2D eigenvalue weighted by atomic mass is 35.5. The molecule has 2 rings (SSSR count). The van der Waals surface area contributed by atoms with Crippen LogP contribution in [0.25, 0.3) is 0 Å². The third-order valence-corrected chi connectivity index (χ3v) is 3.58. The third kappa shape index (κ3) is 4.18. The molecule has 2 heterocycles. The van der Waals surface area contributed by atoms with Crippen LogP contribution in [0.4, 0.5) is 0 Å². The van der Waals surface area contributed by atoms with Crippen molar-refractivity contribution in [2.45, 2.75) is 39.3 Å². The van der Waals surface area contributed by atoms with E-state index in [0.717, 1.165) is 12.2 Å². The van der Waals surface area contributed by atoms with Gasteiger partial charge in [-0.05, 0) is 33.8 Å². The predicted octanol–water partition coefficient (Wildman–Crippen LogP) is 0.678. The molecule has 2 unspecified atom stereocenters. The zero-order valence-corrected chi connectivity index (χ0v) is 13.8. The zero-order valence-electron chi connectivity index (χ0n) is 13.0. The van der Waals surface area contributed by atoms with Gasteiger partial charge in [-0.1, -0.05) is 0 Å². The summed E-state index contributed by atoms with van der Waals surface area (Å²) in [6.07, 6.45) is -0.385. The summed E-state index contributed by atoms with van der Waals surface area (Å²) in [5.41, 5.74) is 1.25. The van der Waals surface area contributed by atoms with E-state index in [1.165, 1.54) is 0 Å². The molecule has 0 aliphatic carbocycles. The highest BCUT2D eigenvalue weighted by Gasteiger charge is 2.26. The summed E-state index contributed by atoms with van der Waals surface area (Å²) < 4.78 is 1.86. The molecular weight excluding hydrogens is 292 g/mol. The topological polar surface area (TPSA) is 79.2 Å². The molecule has 0 bridgehead atoms. The van der Waals surface area contributed by atoms with Crippen molar-refractivity contribution in [3.63, 3.8) is 0 Å². The summed E-state index contributed by atoms with van der Waals surface area (Å²) in [6, 6.07) is 1.80. The molecule has 120 valence electrons. The third-order valence-electron chi connectivity index (χ3n) is 3.58. The van der Waals surface area contributed by atoms with Crippen molar-refractivity contribution in [1.82, 2.24) is 20.4 Å². The van der Waals surface area contributed by atoms with Gasteiger partial charge in [0, 0.05) is 31.2 Å². The molecule has 1 fully saturated rings. The van der Waals surface area contributed by atoms with Crippen molar-refractivity contribution in [2.24, 2.45) is 5.92 Å². The zero-order chi connectivity index (χ0) is 14.9. The van der Waals surface area contributed by atoms with Crippen LogP contribution in [0.15, 0.2) is 6.07 Å². The number of carbonyl (C=O) groups excluding carboxylic acids is 1. The number of nitrogens with one attached hydrogen (secondary N) is 2. The Morgan fingerprint density at radius 3 is 2.67 bits per heavy atom. The van der Waals surface area contributed by atoms with Crippen LogP contribution in [0.3, 0.4) is 0 Å². The fraction of sp³-hybridized carbons (Fsp3) is 0.714. The van der Waals surface area contributed by atoms with Gasteiger partial charge in [-0.3, -0.25) is 9.48 Å². The summed E-state index contributed by atoms with van der Waals surface area (Å²) in [6.45, 7) is 9.89. The van der Waals surface area contributed by atoms with Crippen LogP contribution in [0.2, 0.25) is 0 Å². The lowest BCUT2D eigenvalue weighted by atomic mass is 10.1. The SMILES string of the molecule is Cc1cc(C(=O)NCC2CNCC2O)nn1C(C)(C)C.Cl. The van der Waals surface area contributed by atoms with Gasteiger partial charge in [0.1, 0.15) is 5.69 Å². The van der Waals surface area contributed by atoms with Gasteiger partial charge in [0.2, 0.25) is 0 Å². The van der Waals surface area contributed by atoms with E-state index >= 15 is 0 Å². The number of aliphatic hydroxyl groups excluding tert-OH is 1. The first kappa shape index (κ1) is 17.9. The Kier molecular flexibility index (Phi) is 5.78. The van der Waals surface area contributed by atoms with Crippen LogP contribution in [-0.4, -0.2) is 46.5 Å². The second-order valence-corrected chi connectivity index (χ2v) is 6.45. The molecule has 1 amide bonds. The van der Waals surface area contributed by atoms with Crippen molar-refractivity contribution in [3.8, 4) is 0 Å². The molecule has 21 heavy (non-hydrogen) atoms. The van der Waals surface area contributed by atoms with E-state index in [2.05, 4.69) is 36.5 Å². The highest BCUT2D eigenvalue weighted by Crippen LogP contribution is 2.16. The van der Waals surface area contributed by atoms with Crippen molar-refractivity contribution in [1.29, 1.82) is 0 Å². The predicted molar refractivity (Wildman–Crippen MR) is 83.9 cm³/mol. The molecule has 0 radical (unpaired) electrons. The van der Waals surface area contributed by atoms with E-state index < -0.39 is 0 Å². The van der Waals surface area contributed by atoms with Crippen LogP contribution in [0.1, 0.15) is 37.0 Å². The quantitative estimate of drug-likeness (QED) is 0.766. The Labute approximate surface area is 131 Å². The number of hydrogen-bond acceptors (Lipinski definition) is 4. The largest absolute Gasteiger partial charge is 0.391 e. The van der Waals surface area contributed by atoms with Gasteiger partial charge < -0.3 is 15.7 Å². The van der Waals surface area contributed by atoms with Crippen LogP contribution < -0.4 is 10.6 Å². The van der Waals surface area contributed by atoms with Gasteiger partial charge >= 0.3 is 0 Å². The summed E-state index contributed by atoms with van der Waals surface area (Å²) in [7, 11) is 0. The Morgan fingerprint density at radius 1 is 1.52 bits per heavy atom. The first-order valence-electron chi connectivity index (χ1n) is 7.03. The van der Waals surface area contributed by atoms with Gasteiger partial charge in [-0.25, -0.2) is 0 Å². The molecule has 0 saturated carbocycles. The molecule has 0 spiro atoms. The van der Waals surface area contributed by atoms with Crippen LogP contribution >= 0.6 is 12.4 Å². The maximum Gasteiger partial charge on any atom is 0.271 e. The van der Waals surface area contributed by atoms with E-state index in [-0.39, 0.29) is 35.9 Å². The van der Waals surface area contributed by atoms with Gasteiger partial charge in [-0.15, -0.1) is 12.4 Å². The van der Waals surface area contributed by atoms with Crippen LogP contribution in [0, 0.1) is 12.8 Å². The average molecular weight is 317 g/mol. The molecule has 1 aromatic heterocycles. The van der Waals surface area contributed by atoms with Crippen molar-refractivity contribution in [2.75, 3.05) is 19.6 Å². The smallest absolute Gasteiger partial charge is 0.271 e. The normalized spacial score (nSPS) is 22.0. The number of β-amino-alcohol motifs (C(OH)–C–C–N with tert-alkyl or cyclic N) is 1. The van der Waals surface area contributed by atoms with Crippen molar-refractivity contribution >= 4 is 18.3 Å². The maximum atomic E-state index is 12.1. The monoisotopic (exact) mass is 316 g/mol. The number of hydrogen-bond donors (Lipinski definition) is 3. The lowest BCUT2D eigenvalue weighted by Crippen LogP contribution is -2.34. The van der Waals surface area contributed by atoms with Crippen molar-refractivity contribution in [3.05, 3.63) is 17.5 Å². The molecule has 0 aromatic carbocycles. The lowest BCUT2D eigenvalue weighted by molar-refractivity contribution is 0.0920. The highest BCUT2D eigenvalue weighted by molar-refractivity contribution is 5.92. The average Bonchev–Trinajstić information content (AvgIpc) is 2.92. The molecule has 2 atom stereocenters. The summed E-state index contributed by atoms with van der Waals surface area (Å²) in [5.74, 6) is -0.111. The number of rotatable bonds is 3. The van der Waals surface area contributed by atoms with Crippen LogP contribution in [0.5, 0.6) is 0 Å². The Hall–Kier alpha value is -1.11. The van der Waals surface area contributed by atoms with E-state index in [9.17, 15) is 9.90 Å². The van der Waals surface area contributed by atoms with E-state index in [4.69, 9.17) is 0 Å². The number of aromatic nitrogens is 2. The minimum atomic E-state index is -0.385. The Morgan fingerprint density at radius 2 is 2.19 bits per heavy atom. The van der Waals surface area contributed by atoms with Gasteiger partial charge in [0.05, 0.1) is 11.6 Å². The maximum absolute atomic E-state index is 12.1. The standard InChI is InChI=1S/C14H24N4O2.ClH/c1-9-5-11(17-18(9)14(2,3)4)13(20)16-7-10-6-15-8-12(10)19;/h5,10,12,15,19H,6-8H2,1-4H3,(H,16,20);1H. The molecule has 1 saturated heterocycles. The first-order valence-corrected chi connectivity index (χ1v) is 7.03. The lowest BCUT2D eigenvalue weighted by Gasteiger charge is -2.21. The molecule has 1 aliphatic heterocycles. The summed E-state index contributed by atoms with van der Waals surface area (Å²) in [4.78, 5) is 12.1. The minimum Gasteiger partial charge on any atom is -0.391 e. The molecule has 3 N–H and O–H groups in total. The van der Waals surface area contributed by atoms with E-state index in [0.29, 0.717) is 18.8 Å². The molecule has 7 heteroatoms. The first-order chi connectivity index (χ1) is 9.29.